The van der Waals surface area contributed by atoms with Crippen molar-refractivity contribution in [3.05, 3.63) is 64.0 Å². The summed E-state index contributed by atoms with van der Waals surface area (Å²) in [5.41, 5.74) is 4.35. The van der Waals surface area contributed by atoms with Crippen LogP contribution in [0.4, 0.5) is 0 Å². The SMILES string of the molecule is COc1ccc2c(c1)CC[C@@H]1[C@@H]2CC[C@]2(C)OC/C(=N\[N-]S(=O)(=O)c3ccc(C)cc3)C[C@@H]12.[Li+]. The minimum Gasteiger partial charge on any atom is -0.497 e. The number of methoxy groups -OCH3 is 1. The zero-order chi connectivity index (χ0) is 23.2. The molecule has 0 aromatic heterocycles. The fraction of sp³-hybridized carbons (Fsp3) is 0.500. The van der Waals surface area contributed by atoms with E-state index in [1.165, 1.54) is 11.1 Å². The molecule has 8 heteroatoms. The van der Waals surface area contributed by atoms with Crippen LogP contribution >= 0.6 is 0 Å². The number of nitrogens with zero attached hydrogens (tertiary/aromatic N) is 2. The van der Waals surface area contributed by atoms with Gasteiger partial charge in [0.05, 0.1) is 24.2 Å². The van der Waals surface area contributed by atoms with Crippen LogP contribution in [0.15, 0.2) is 52.5 Å². The molecular formula is C26H31LiN2O4S. The van der Waals surface area contributed by atoms with Crippen molar-refractivity contribution >= 4 is 15.7 Å². The third-order valence-corrected chi connectivity index (χ3v) is 9.06. The molecule has 0 bridgehead atoms. The van der Waals surface area contributed by atoms with E-state index in [0.717, 1.165) is 43.4 Å². The van der Waals surface area contributed by atoms with Gasteiger partial charge in [0, 0.05) is 5.71 Å². The molecule has 0 radical (unpaired) electrons. The summed E-state index contributed by atoms with van der Waals surface area (Å²) in [6, 6.07) is 13.2. The minimum atomic E-state index is -3.82. The maximum Gasteiger partial charge on any atom is 1.00 e. The van der Waals surface area contributed by atoms with Gasteiger partial charge in [0.2, 0.25) is 0 Å². The van der Waals surface area contributed by atoms with Crippen molar-refractivity contribution in [3.63, 3.8) is 0 Å². The average molecular weight is 475 g/mol. The number of ether oxygens (including phenoxy) is 2. The molecule has 0 amide bonds. The van der Waals surface area contributed by atoms with Gasteiger partial charge in [-0.15, -0.1) is 0 Å². The van der Waals surface area contributed by atoms with Gasteiger partial charge in [-0.3, -0.25) is 0 Å². The molecule has 1 saturated carbocycles. The number of hydrogen-bond donors (Lipinski definition) is 0. The van der Waals surface area contributed by atoms with Crippen LogP contribution in [-0.4, -0.2) is 33.4 Å². The molecule has 0 unspecified atom stereocenters. The minimum absolute atomic E-state index is 0. The van der Waals surface area contributed by atoms with Crippen molar-refractivity contribution in [2.45, 2.75) is 62.4 Å². The Morgan fingerprint density at radius 2 is 1.91 bits per heavy atom. The van der Waals surface area contributed by atoms with Gasteiger partial charge in [0.1, 0.15) is 15.8 Å². The first-order valence-corrected chi connectivity index (χ1v) is 13.1. The van der Waals surface area contributed by atoms with Crippen LogP contribution in [-0.2, 0) is 21.2 Å². The van der Waals surface area contributed by atoms with E-state index in [2.05, 4.69) is 35.1 Å². The van der Waals surface area contributed by atoms with Gasteiger partial charge in [-0.1, -0.05) is 23.8 Å². The van der Waals surface area contributed by atoms with E-state index in [1.54, 1.807) is 31.4 Å². The molecule has 3 aliphatic rings. The molecule has 0 spiro atoms. The van der Waals surface area contributed by atoms with Crippen LogP contribution in [0.3, 0.4) is 0 Å². The van der Waals surface area contributed by atoms with E-state index in [4.69, 9.17) is 9.47 Å². The summed E-state index contributed by atoms with van der Waals surface area (Å²) in [5, 5.41) is 4.19. The van der Waals surface area contributed by atoms with Crippen LogP contribution in [0.1, 0.15) is 55.2 Å². The molecule has 2 aromatic rings. The van der Waals surface area contributed by atoms with Crippen molar-refractivity contribution in [2.75, 3.05) is 13.7 Å². The Balaban J connectivity index is 0.00000274. The van der Waals surface area contributed by atoms with E-state index in [0.29, 0.717) is 30.1 Å². The van der Waals surface area contributed by atoms with Crippen LogP contribution < -0.4 is 23.6 Å². The van der Waals surface area contributed by atoms with Crippen molar-refractivity contribution in [3.8, 4) is 5.75 Å². The zero-order valence-corrected chi connectivity index (χ0v) is 21.3. The number of benzene rings is 2. The van der Waals surface area contributed by atoms with E-state index in [1.807, 2.05) is 6.92 Å². The average Bonchev–Trinajstić information content (AvgIpc) is 2.82. The molecule has 34 heavy (non-hydrogen) atoms. The van der Waals surface area contributed by atoms with Gasteiger partial charge in [-0.25, -0.2) is 8.42 Å². The predicted molar refractivity (Wildman–Crippen MR) is 128 cm³/mol. The Morgan fingerprint density at radius 1 is 1.15 bits per heavy atom. The molecular weight excluding hydrogens is 443 g/mol. The third-order valence-electron chi connectivity index (χ3n) is 7.90. The summed E-state index contributed by atoms with van der Waals surface area (Å²) in [6.45, 7) is 4.47. The molecule has 0 N–H and O–H groups in total. The first-order valence-electron chi connectivity index (χ1n) is 11.7. The largest absolute Gasteiger partial charge is 1.00 e. The molecule has 176 valence electrons. The summed E-state index contributed by atoms with van der Waals surface area (Å²) in [7, 11) is -2.11. The van der Waals surface area contributed by atoms with E-state index in [9.17, 15) is 8.42 Å². The number of fused-ring (bicyclic) bond motifs is 5. The molecule has 2 aromatic carbocycles. The second kappa shape index (κ2) is 9.70. The van der Waals surface area contributed by atoms with Crippen molar-refractivity contribution in [2.24, 2.45) is 16.9 Å². The first kappa shape index (κ1) is 25.3. The van der Waals surface area contributed by atoms with Crippen molar-refractivity contribution < 1.29 is 36.8 Å². The van der Waals surface area contributed by atoms with Crippen LogP contribution in [0.5, 0.6) is 5.75 Å². The number of sulfonamides is 1. The van der Waals surface area contributed by atoms with Crippen LogP contribution in [0.2, 0.25) is 0 Å². The summed E-state index contributed by atoms with van der Waals surface area (Å²) >= 11 is 0. The van der Waals surface area contributed by atoms with E-state index < -0.39 is 10.0 Å². The number of hydrogen-bond acceptors (Lipinski definition) is 5. The molecule has 1 heterocycles. The molecule has 2 aliphatic carbocycles. The fourth-order valence-electron chi connectivity index (χ4n) is 6.02. The Labute approximate surface area is 214 Å². The van der Waals surface area contributed by atoms with E-state index in [-0.39, 0.29) is 29.4 Å². The first-order chi connectivity index (χ1) is 15.8. The molecule has 1 aliphatic heterocycles. The standard InChI is InChI=1S/C26H31N2O4S.Li/c1-17-4-8-21(9-5-17)33(29,30)28-27-19-15-25-24-10-6-18-14-20(31-3)7-11-22(18)23(24)12-13-26(25,2)32-16-19;/h4-5,7-9,11,14,23-25H,6,10,12-13,15-16H2,1-3H3;/q-1;+1/b27-19-;/t23-,24-,25+,26+;/m1./s1. The van der Waals surface area contributed by atoms with Gasteiger partial charge in [0.25, 0.3) is 0 Å². The summed E-state index contributed by atoms with van der Waals surface area (Å²) < 4.78 is 37.0. The second-order valence-electron chi connectivity index (χ2n) is 9.86. The maximum atomic E-state index is 12.6. The molecule has 1 saturated heterocycles. The van der Waals surface area contributed by atoms with Crippen molar-refractivity contribution in [1.29, 1.82) is 0 Å². The Kier molecular flexibility index (Phi) is 7.22. The zero-order valence-electron chi connectivity index (χ0n) is 20.5. The summed E-state index contributed by atoms with van der Waals surface area (Å²) in [4.78, 5) is 3.93. The Bertz CT molecular complexity index is 1180. The second-order valence-corrected chi connectivity index (χ2v) is 11.4. The number of rotatable bonds is 4. The van der Waals surface area contributed by atoms with Crippen molar-refractivity contribution in [1.82, 2.24) is 0 Å². The molecule has 5 rings (SSSR count). The van der Waals surface area contributed by atoms with Gasteiger partial charge < -0.3 is 19.4 Å². The topological polar surface area (TPSA) is 79.1 Å². The van der Waals surface area contributed by atoms with Gasteiger partial charge >= 0.3 is 18.9 Å². The summed E-state index contributed by atoms with van der Waals surface area (Å²) in [6.07, 6.45) is 4.96. The molecule has 6 nitrogen and oxygen atoms in total. The van der Waals surface area contributed by atoms with Gasteiger partial charge in [0.15, 0.2) is 0 Å². The summed E-state index contributed by atoms with van der Waals surface area (Å²) in [5.74, 6) is 2.20. The van der Waals surface area contributed by atoms with E-state index >= 15 is 0 Å². The number of aryl methyl sites for hydroxylation is 2. The monoisotopic (exact) mass is 474 g/mol. The normalized spacial score (nSPS) is 29.3. The smallest absolute Gasteiger partial charge is 0.497 e. The molecule has 2 fully saturated rings. The maximum absolute atomic E-state index is 12.6. The third kappa shape index (κ3) is 4.68. The Morgan fingerprint density at radius 3 is 2.65 bits per heavy atom. The Hall–Kier alpha value is -1.78. The molecule has 4 atom stereocenters. The van der Waals surface area contributed by atoms with Crippen LogP contribution in [0, 0.1) is 18.8 Å². The quantitative estimate of drug-likeness (QED) is 0.504. The van der Waals surface area contributed by atoms with Crippen LogP contribution in [0.25, 0.3) is 4.83 Å². The van der Waals surface area contributed by atoms with Gasteiger partial charge in [-0.05, 0) is 99.1 Å². The fourth-order valence-corrected chi connectivity index (χ4v) is 6.82. The predicted octanol–water partition coefficient (Wildman–Crippen LogP) is 2.36. The van der Waals surface area contributed by atoms with Gasteiger partial charge in [-0.2, -0.15) is 0 Å².